The lowest BCUT2D eigenvalue weighted by Gasteiger charge is -2.08. The second-order valence-electron chi connectivity index (χ2n) is 4.82. The Bertz CT molecular complexity index is 438. The van der Waals surface area contributed by atoms with Gasteiger partial charge in [-0.05, 0) is 25.8 Å². The molecule has 0 aliphatic heterocycles. The molecule has 4 nitrogen and oxygen atoms in total. The predicted octanol–water partition coefficient (Wildman–Crippen LogP) is 3.70. The van der Waals surface area contributed by atoms with Gasteiger partial charge in [0.05, 0.1) is 12.3 Å². The molecule has 0 saturated carbocycles. The highest BCUT2D eigenvalue weighted by Crippen LogP contribution is 2.19. The predicted molar refractivity (Wildman–Crippen MR) is 75.1 cm³/mol. The molecule has 0 aliphatic carbocycles. The van der Waals surface area contributed by atoms with Gasteiger partial charge in [-0.15, -0.1) is 5.10 Å². The van der Waals surface area contributed by atoms with Crippen LogP contribution in [0, 0.1) is 25.2 Å². The minimum absolute atomic E-state index is 0.374. The average Bonchev–Trinajstić information content (AvgIpc) is 2.42. The SMILES string of the molecule is CCCCCCCCOc1nnc(C)c(C)c1C#N. The van der Waals surface area contributed by atoms with Crippen molar-refractivity contribution in [3.05, 3.63) is 16.8 Å². The van der Waals surface area contributed by atoms with Crippen LogP contribution in [0.25, 0.3) is 0 Å². The van der Waals surface area contributed by atoms with Gasteiger partial charge in [0.1, 0.15) is 11.6 Å². The molecule has 0 atom stereocenters. The van der Waals surface area contributed by atoms with E-state index in [0.717, 1.165) is 17.7 Å². The number of hydrogen-bond donors (Lipinski definition) is 0. The Morgan fingerprint density at radius 2 is 1.74 bits per heavy atom. The van der Waals surface area contributed by atoms with E-state index in [1.807, 2.05) is 13.8 Å². The number of aryl methyl sites for hydroxylation is 1. The summed E-state index contributed by atoms with van der Waals surface area (Å²) in [4.78, 5) is 0. The third-order valence-electron chi connectivity index (χ3n) is 3.27. The Balaban J connectivity index is 2.38. The molecule has 0 bridgehead atoms. The Hall–Kier alpha value is -1.63. The summed E-state index contributed by atoms with van der Waals surface area (Å²) in [5.74, 6) is 0.374. The molecule has 1 heterocycles. The van der Waals surface area contributed by atoms with Gasteiger partial charge in [-0.2, -0.15) is 10.4 Å². The Labute approximate surface area is 115 Å². The summed E-state index contributed by atoms with van der Waals surface area (Å²) in [7, 11) is 0. The van der Waals surface area contributed by atoms with Crippen LogP contribution in [0.3, 0.4) is 0 Å². The third kappa shape index (κ3) is 4.86. The van der Waals surface area contributed by atoms with E-state index in [1.165, 1.54) is 32.1 Å². The summed E-state index contributed by atoms with van der Waals surface area (Å²) >= 11 is 0. The number of unbranched alkanes of at least 4 members (excludes halogenated alkanes) is 5. The van der Waals surface area contributed by atoms with Crippen molar-refractivity contribution in [1.82, 2.24) is 10.2 Å². The minimum atomic E-state index is 0.374. The maximum Gasteiger partial charge on any atom is 0.251 e. The van der Waals surface area contributed by atoms with Crippen molar-refractivity contribution in [3.8, 4) is 11.9 Å². The number of aromatic nitrogens is 2. The van der Waals surface area contributed by atoms with Crippen molar-refractivity contribution in [2.75, 3.05) is 6.61 Å². The van der Waals surface area contributed by atoms with Crippen molar-refractivity contribution in [2.45, 2.75) is 59.3 Å². The molecule has 0 fully saturated rings. The van der Waals surface area contributed by atoms with Gasteiger partial charge in [0.2, 0.25) is 0 Å². The van der Waals surface area contributed by atoms with Gasteiger partial charge in [0.25, 0.3) is 5.88 Å². The molecule has 0 radical (unpaired) electrons. The first-order valence-corrected chi connectivity index (χ1v) is 7.07. The van der Waals surface area contributed by atoms with E-state index in [0.29, 0.717) is 18.1 Å². The number of hydrogen-bond acceptors (Lipinski definition) is 4. The van der Waals surface area contributed by atoms with Gasteiger partial charge >= 0.3 is 0 Å². The standard InChI is InChI=1S/C15H23N3O/c1-4-5-6-7-8-9-10-19-15-14(11-16)12(2)13(3)17-18-15/h4-10H2,1-3H3. The zero-order valence-electron chi connectivity index (χ0n) is 12.2. The van der Waals surface area contributed by atoms with E-state index in [1.54, 1.807) is 0 Å². The smallest absolute Gasteiger partial charge is 0.251 e. The van der Waals surface area contributed by atoms with E-state index in [4.69, 9.17) is 10.00 Å². The maximum absolute atomic E-state index is 9.13. The number of nitrogens with zero attached hydrogens (tertiary/aromatic N) is 3. The van der Waals surface area contributed by atoms with Crippen molar-refractivity contribution >= 4 is 0 Å². The van der Waals surface area contributed by atoms with Gasteiger partial charge in [-0.1, -0.05) is 39.0 Å². The fourth-order valence-electron chi connectivity index (χ4n) is 1.87. The van der Waals surface area contributed by atoms with E-state index in [2.05, 4.69) is 23.2 Å². The lowest BCUT2D eigenvalue weighted by molar-refractivity contribution is 0.288. The molecule has 0 spiro atoms. The first-order chi connectivity index (χ1) is 9.20. The van der Waals surface area contributed by atoms with Crippen molar-refractivity contribution < 1.29 is 4.74 Å². The van der Waals surface area contributed by atoms with Crippen LogP contribution >= 0.6 is 0 Å². The van der Waals surface area contributed by atoms with Crippen molar-refractivity contribution in [1.29, 1.82) is 5.26 Å². The molecule has 104 valence electrons. The van der Waals surface area contributed by atoms with E-state index in [-0.39, 0.29) is 0 Å². The van der Waals surface area contributed by atoms with Gasteiger partial charge in [0.15, 0.2) is 0 Å². The summed E-state index contributed by atoms with van der Waals surface area (Å²) in [6, 6.07) is 2.15. The van der Waals surface area contributed by atoms with E-state index >= 15 is 0 Å². The normalized spacial score (nSPS) is 10.2. The number of nitriles is 1. The van der Waals surface area contributed by atoms with Gasteiger partial charge in [0, 0.05) is 0 Å². The Morgan fingerprint density at radius 3 is 2.42 bits per heavy atom. The van der Waals surface area contributed by atoms with Gasteiger partial charge in [-0.25, -0.2) is 0 Å². The van der Waals surface area contributed by atoms with Crippen LogP contribution in [0.5, 0.6) is 5.88 Å². The Kier molecular flexibility index (Phi) is 6.88. The molecule has 1 rings (SSSR count). The molecular formula is C15H23N3O. The molecular weight excluding hydrogens is 238 g/mol. The summed E-state index contributed by atoms with van der Waals surface area (Å²) in [5.41, 5.74) is 2.15. The van der Waals surface area contributed by atoms with E-state index in [9.17, 15) is 0 Å². The molecule has 0 saturated heterocycles. The van der Waals surface area contributed by atoms with Crippen LogP contribution in [0.1, 0.15) is 62.3 Å². The fourth-order valence-corrected chi connectivity index (χ4v) is 1.87. The van der Waals surface area contributed by atoms with Crippen LogP contribution in [0.15, 0.2) is 0 Å². The quantitative estimate of drug-likeness (QED) is 0.669. The summed E-state index contributed by atoms with van der Waals surface area (Å²) in [5, 5.41) is 17.1. The highest BCUT2D eigenvalue weighted by atomic mass is 16.5. The average molecular weight is 261 g/mol. The van der Waals surface area contributed by atoms with Gasteiger partial charge in [-0.3, -0.25) is 0 Å². The summed E-state index contributed by atoms with van der Waals surface area (Å²) < 4.78 is 5.57. The van der Waals surface area contributed by atoms with E-state index < -0.39 is 0 Å². The lowest BCUT2D eigenvalue weighted by Crippen LogP contribution is -2.05. The molecule has 1 aromatic heterocycles. The molecule has 0 unspecified atom stereocenters. The highest BCUT2D eigenvalue weighted by Gasteiger charge is 2.11. The largest absolute Gasteiger partial charge is 0.476 e. The first kappa shape index (κ1) is 15.4. The van der Waals surface area contributed by atoms with Crippen LogP contribution in [-0.2, 0) is 0 Å². The topological polar surface area (TPSA) is 58.8 Å². The molecule has 19 heavy (non-hydrogen) atoms. The minimum Gasteiger partial charge on any atom is -0.476 e. The second kappa shape index (κ2) is 8.47. The number of rotatable bonds is 8. The second-order valence-corrected chi connectivity index (χ2v) is 4.82. The molecule has 0 aromatic carbocycles. The maximum atomic E-state index is 9.13. The van der Waals surface area contributed by atoms with Crippen LogP contribution < -0.4 is 4.74 Å². The van der Waals surface area contributed by atoms with Gasteiger partial charge < -0.3 is 4.74 Å². The highest BCUT2D eigenvalue weighted by molar-refractivity contribution is 5.44. The van der Waals surface area contributed by atoms with Crippen LogP contribution in [0.2, 0.25) is 0 Å². The first-order valence-electron chi connectivity index (χ1n) is 7.07. The molecule has 1 aromatic rings. The molecule has 4 heteroatoms. The Morgan fingerprint density at radius 1 is 1.05 bits per heavy atom. The van der Waals surface area contributed by atoms with Crippen molar-refractivity contribution in [2.24, 2.45) is 0 Å². The van der Waals surface area contributed by atoms with Crippen molar-refractivity contribution in [3.63, 3.8) is 0 Å². The fraction of sp³-hybridized carbons (Fsp3) is 0.667. The molecule has 0 amide bonds. The van der Waals surface area contributed by atoms with Crippen LogP contribution in [0.4, 0.5) is 0 Å². The number of ether oxygens (including phenoxy) is 1. The zero-order chi connectivity index (χ0) is 14.1. The lowest BCUT2D eigenvalue weighted by atomic mass is 10.1. The monoisotopic (exact) mass is 261 g/mol. The molecule has 0 N–H and O–H groups in total. The summed E-state index contributed by atoms with van der Waals surface area (Å²) in [6.45, 7) is 6.55. The zero-order valence-corrected chi connectivity index (χ0v) is 12.2. The van der Waals surface area contributed by atoms with Crippen LogP contribution in [-0.4, -0.2) is 16.8 Å². The third-order valence-corrected chi connectivity index (χ3v) is 3.27. The summed E-state index contributed by atoms with van der Waals surface area (Å²) in [6.07, 6.45) is 7.29. The molecule has 0 aliphatic rings.